The van der Waals surface area contributed by atoms with E-state index in [1.807, 2.05) is 0 Å². The van der Waals surface area contributed by atoms with Crippen LogP contribution in [0.15, 0.2) is 0 Å². The molecule has 2 rings (SSSR count). The molecule has 1 saturated carbocycles. The molecule has 76 valence electrons. The molecule has 1 aliphatic heterocycles. The van der Waals surface area contributed by atoms with Crippen molar-refractivity contribution in [1.29, 1.82) is 0 Å². The van der Waals surface area contributed by atoms with E-state index in [4.69, 9.17) is 5.11 Å². The van der Waals surface area contributed by atoms with Gasteiger partial charge >= 0.3 is 0 Å². The molecule has 3 unspecified atom stereocenters. The first-order valence-corrected chi connectivity index (χ1v) is 5.27. The van der Waals surface area contributed by atoms with Crippen molar-refractivity contribution in [1.82, 2.24) is 9.80 Å². The van der Waals surface area contributed by atoms with Crippen LogP contribution in [0, 0.1) is 5.92 Å². The maximum Gasteiger partial charge on any atom is 0.0474 e. The minimum atomic E-state index is 0.379. The van der Waals surface area contributed by atoms with Crippen molar-refractivity contribution in [2.75, 3.05) is 33.3 Å². The molecular weight excluding hydrogens is 164 g/mol. The molecule has 0 aromatic rings. The lowest BCUT2D eigenvalue weighted by Gasteiger charge is -2.38. The summed E-state index contributed by atoms with van der Waals surface area (Å²) in [7, 11) is 2.18. The highest BCUT2D eigenvalue weighted by Gasteiger charge is 2.43. The highest BCUT2D eigenvalue weighted by Crippen LogP contribution is 2.36. The summed E-state index contributed by atoms with van der Waals surface area (Å²) in [5.41, 5.74) is 0. The first-order valence-electron chi connectivity index (χ1n) is 5.27. The molecule has 1 heterocycles. The minimum absolute atomic E-state index is 0.379. The number of aliphatic hydroxyl groups is 1. The Morgan fingerprint density at radius 1 is 1.38 bits per heavy atom. The predicted octanol–water partition coefficient (Wildman–Crippen LogP) is 0.00310. The van der Waals surface area contributed by atoms with Gasteiger partial charge in [-0.2, -0.15) is 0 Å². The second kappa shape index (κ2) is 3.56. The molecule has 3 nitrogen and oxygen atoms in total. The molecule has 0 amide bonds. The predicted molar refractivity (Wildman–Crippen MR) is 52.6 cm³/mol. The van der Waals surface area contributed by atoms with Gasteiger partial charge in [-0.05, 0) is 26.3 Å². The monoisotopic (exact) mass is 184 g/mol. The Kier molecular flexibility index (Phi) is 2.58. The maximum absolute atomic E-state index is 9.01. The van der Waals surface area contributed by atoms with Crippen LogP contribution in [0.5, 0.6) is 0 Å². The van der Waals surface area contributed by atoms with E-state index in [1.54, 1.807) is 0 Å². The third-order valence-corrected chi connectivity index (χ3v) is 3.43. The average Bonchev–Trinajstić information content (AvgIpc) is 2.83. The van der Waals surface area contributed by atoms with Gasteiger partial charge in [0.1, 0.15) is 0 Å². The third kappa shape index (κ3) is 1.87. The SMILES string of the molecule is CC1CN(C)CCN1C1CC1CO. The van der Waals surface area contributed by atoms with Crippen LogP contribution >= 0.6 is 0 Å². The van der Waals surface area contributed by atoms with Crippen LogP contribution in [-0.2, 0) is 0 Å². The molecule has 0 spiro atoms. The summed E-state index contributed by atoms with van der Waals surface area (Å²) in [4.78, 5) is 4.96. The second-order valence-electron chi connectivity index (χ2n) is 4.59. The highest BCUT2D eigenvalue weighted by atomic mass is 16.3. The fraction of sp³-hybridized carbons (Fsp3) is 1.00. The summed E-state index contributed by atoms with van der Waals surface area (Å²) in [5, 5.41) is 9.01. The molecule has 13 heavy (non-hydrogen) atoms. The number of likely N-dealkylation sites (N-methyl/N-ethyl adjacent to an activating group) is 1. The van der Waals surface area contributed by atoms with Crippen LogP contribution in [0.25, 0.3) is 0 Å². The van der Waals surface area contributed by atoms with Crippen molar-refractivity contribution in [2.45, 2.75) is 25.4 Å². The van der Waals surface area contributed by atoms with Crippen LogP contribution in [-0.4, -0.2) is 60.3 Å². The van der Waals surface area contributed by atoms with E-state index in [0.29, 0.717) is 24.6 Å². The zero-order valence-electron chi connectivity index (χ0n) is 8.61. The van der Waals surface area contributed by atoms with Gasteiger partial charge in [0.05, 0.1) is 0 Å². The van der Waals surface area contributed by atoms with Gasteiger partial charge in [0.15, 0.2) is 0 Å². The number of nitrogens with zero attached hydrogens (tertiary/aromatic N) is 2. The van der Waals surface area contributed by atoms with Gasteiger partial charge in [0.25, 0.3) is 0 Å². The van der Waals surface area contributed by atoms with Crippen molar-refractivity contribution >= 4 is 0 Å². The van der Waals surface area contributed by atoms with E-state index in [9.17, 15) is 0 Å². The summed E-state index contributed by atoms with van der Waals surface area (Å²) in [6.45, 7) is 6.21. The number of hydrogen-bond donors (Lipinski definition) is 1. The Hall–Kier alpha value is -0.120. The largest absolute Gasteiger partial charge is 0.396 e. The lowest BCUT2D eigenvalue weighted by molar-refractivity contribution is 0.0843. The second-order valence-corrected chi connectivity index (χ2v) is 4.59. The van der Waals surface area contributed by atoms with Crippen molar-refractivity contribution in [3.05, 3.63) is 0 Å². The van der Waals surface area contributed by atoms with E-state index in [-0.39, 0.29) is 0 Å². The molecule has 0 aromatic carbocycles. The number of rotatable bonds is 2. The molecular formula is C10H20N2O. The summed E-state index contributed by atoms with van der Waals surface area (Å²) in [6, 6.07) is 1.36. The van der Waals surface area contributed by atoms with E-state index >= 15 is 0 Å². The highest BCUT2D eigenvalue weighted by molar-refractivity contribution is 4.98. The zero-order valence-corrected chi connectivity index (χ0v) is 8.61. The molecule has 0 radical (unpaired) electrons. The van der Waals surface area contributed by atoms with Crippen molar-refractivity contribution < 1.29 is 5.11 Å². The molecule has 1 aliphatic carbocycles. The zero-order chi connectivity index (χ0) is 9.42. The molecule has 1 N–H and O–H groups in total. The number of aliphatic hydroxyl groups excluding tert-OH is 1. The Labute approximate surface area is 80.3 Å². The Balaban J connectivity index is 1.86. The van der Waals surface area contributed by atoms with E-state index < -0.39 is 0 Å². The van der Waals surface area contributed by atoms with Crippen LogP contribution in [0.2, 0.25) is 0 Å². The molecule has 3 atom stereocenters. The van der Waals surface area contributed by atoms with Crippen LogP contribution in [0.1, 0.15) is 13.3 Å². The fourth-order valence-electron chi connectivity index (χ4n) is 2.48. The lowest BCUT2D eigenvalue weighted by atomic mass is 10.2. The van der Waals surface area contributed by atoms with Gasteiger partial charge in [-0.3, -0.25) is 4.90 Å². The van der Waals surface area contributed by atoms with Crippen molar-refractivity contribution in [3.8, 4) is 0 Å². The molecule has 2 fully saturated rings. The number of hydrogen-bond acceptors (Lipinski definition) is 3. The van der Waals surface area contributed by atoms with Crippen LogP contribution < -0.4 is 0 Å². The summed E-state index contributed by atoms with van der Waals surface area (Å²) in [5.74, 6) is 0.575. The van der Waals surface area contributed by atoms with E-state index in [0.717, 1.165) is 0 Å². The standard InChI is InChI=1S/C10H20N2O/c1-8-6-11(2)3-4-12(8)10-5-9(10)7-13/h8-10,13H,3-7H2,1-2H3. The third-order valence-electron chi connectivity index (χ3n) is 3.43. The normalized spacial score (nSPS) is 42.2. The van der Waals surface area contributed by atoms with Crippen molar-refractivity contribution in [2.24, 2.45) is 5.92 Å². The summed E-state index contributed by atoms with van der Waals surface area (Å²) in [6.07, 6.45) is 1.21. The molecule has 3 heteroatoms. The minimum Gasteiger partial charge on any atom is -0.396 e. The smallest absolute Gasteiger partial charge is 0.0474 e. The first-order chi connectivity index (χ1) is 6.22. The molecule has 0 bridgehead atoms. The van der Waals surface area contributed by atoms with Gasteiger partial charge in [0.2, 0.25) is 0 Å². The van der Waals surface area contributed by atoms with Gasteiger partial charge in [-0.15, -0.1) is 0 Å². The van der Waals surface area contributed by atoms with Gasteiger partial charge in [0, 0.05) is 38.3 Å². The molecule has 2 aliphatic rings. The van der Waals surface area contributed by atoms with E-state index in [2.05, 4.69) is 23.8 Å². The van der Waals surface area contributed by atoms with Gasteiger partial charge in [-0.25, -0.2) is 0 Å². The topological polar surface area (TPSA) is 26.7 Å². The van der Waals surface area contributed by atoms with Crippen LogP contribution in [0.4, 0.5) is 0 Å². The van der Waals surface area contributed by atoms with Gasteiger partial charge < -0.3 is 10.0 Å². The summed E-state index contributed by atoms with van der Waals surface area (Å²) >= 11 is 0. The van der Waals surface area contributed by atoms with E-state index in [1.165, 1.54) is 26.1 Å². The van der Waals surface area contributed by atoms with Crippen molar-refractivity contribution in [3.63, 3.8) is 0 Å². The Morgan fingerprint density at radius 2 is 2.15 bits per heavy atom. The van der Waals surface area contributed by atoms with Crippen LogP contribution in [0.3, 0.4) is 0 Å². The Bertz CT molecular complexity index is 184. The molecule has 1 saturated heterocycles. The lowest BCUT2D eigenvalue weighted by Crippen LogP contribution is -2.51. The summed E-state index contributed by atoms with van der Waals surface area (Å²) < 4.78 is 0. The fourth-order valence-corrected chi connectivity index (χ4v) is 2.48. The molecule has 0 aromatic heterocycles. The average molecular weight is 184 g/mol. The number of piperazine rings is 1. The van der Waals surface area contributed by atoms with Gasteiger partial charge in [-0.1, -0.05) is 0 Å². The Morgan fingerprint density at radius 3 is 2.69 bits per heavy atom. The quantitative estimate of drug-likeness (QED) is 0.654. The maximum atomic E-state index is 9.01. The first kappa shape index (κ1) is 9.44.